The highest BCUT2D eigenvalue weighted by Crippen LogP contribution is 2.37. The average molecular weight is 421 g/mol. The molecule has 1 atom stereocenters. The molecule has 0 unspecified atom stereocenters. The molecule has 0 aliphatic rings. The van der Waals surface area contributed by atoms with Crippen LogP contribution < -0.4 is 5.32 Å². The number of hydrogen-bond acceptors (Lipinski definition) is 4. The largest absolute Gasteiger partial charge is 0.308 e. The molecule has 0 radical (unpaired) electrons. The number of nitrogens with zero attached hydrogens (tertiary/aromatic N) is 4. The number of aryl methyl sites for hydroxylation is 1. The van der Waals surface area contributed by atoms with Crippen LogP contribution in [0.1, 0.15) is 63.3 Å². The van der Waals surface area contributed by atoms with Gasteiger partial charge in [-0.15, -0.1) is 0 Å². The third-order valence-electron chi connectivity index (χ3n) is 5.55. The van der Waals surface area contributed by atoms with Gasteiger partial charge in [-0.25, -0.2) is 13.9 Å². The number of rotatable bonds is 6. The van der Waals surface area contributed by atoms with Crippen LogP contribution in [-0.2, 0) is 0 Å². The van der Waals surface area contributed by atoms with Crippen LogP contribution in [0.5, 0.6) is 0 Å². The molecule has 7 heteroatoms. The Hall–Kier alpha value is -3.06. The summed E-state index contributed by atoms with van der Waals surface area (Å²) in [6, 6.07) is 7.51. The molecule has 0 bridgehead atoms. The second-order valence-corrected chi connectivity index (χ2v) is 8.73. The minimum absolute atomic E-state index is 0.0989. The normalized spacial score (nSPS) is 12.9. The summed E-state index contributed by atoms with van der Waals surface area (Å²) < 4.78 is 16.4. The van der Waals surface area contributed by atoms with Crippen molar-refractivity contribution in [3.8, 4) is 22.5 Å². The molecule has 2 N–H and O–H groups in total. The van der Waals surface area contributed by atoms with E-state index in [1.807, 2.05) is 26.1 Å². The van der Waals surface area contributed by atoms with Gasteiger partial charge in [0, 0.05) is 40.5 Å². The summed E-state index contributed by atoms with van der Waals surface area (Å²) in [7, 11) is 0. The quantitative estimate of drug-likeness (QED) is 0.437. The zero-order chi connectivity index (χ0) is 22.3. The number of aromatic nitrogens is 5. The van der Waals surface area contributed by atoms with E-state index in [2.05, 4.69) is 59.4 Å². The second-order valence-electron chi connectivity index (χ2n) is 8.73. The smallest absolute Gasteiger partial charge is 0.158 e. The maximum atomic E-state index is 14.6. The van der Waals surface area contributed by atoms with Crippen LogP contribution >= 0.6 is 0 Å². The number of benzene rings is 1. The van der Waals surface area contributed by atoms with Crippen LogP contribution in [0, 0.1) is 12.7 Å². The van der Waals surface area contributed by atoms with E-state index in [0.717, 1.165) is 39.3 Å². The summed E-state index contributed by atoms with van der Waals surface area (Å²) in [4.78, 5) is 4.30. The van der Waals surface area contributed by atoms with Crippen molar-refractivity contribution in [2.45, 2.75) is 59.5 Å². The number of fused-ring (bicyclic) bond motifs is 1. The lowest BCUT2D eigenvalue weighted by atomic mass is 9.92. The highest BCUT2D eigenvalue weighted by Gasteiger charge is 2.22. The Morgan fingerprint density at radius 3 is 2.55 bits per heavy atom. The first-order valence-electron chi connectivity index (χ1n) is 10.7. The number of H-pyrrole nitrogens is 1. The van der Waals surface area contributed by atoms with E-state index in [0.29, 0.717) is 5.56 Å². The number of halogens is 1. The van der Waals surface area contributed by atoms with Gasteiger partial charge in [-0.05, 0) is 49.6 Å². The van der Waals surface area contributed by atoms with Gasteiger partial charge in [0.15, 0.2) is 5.65 Å². The van der Waals surface area contributed by atoms with E-state index in [4.69, 9.17) is 0 Å². The van der Waals surface area contributed by atoms with E-state index in [1.54, 1.807) is 16.9 Å². The molecular formula is C24H29FN6. The minimum atomic E-state index is -0.210. The van der Waals surface area contributed by atoms with Crippen molar-refractivity contribution in [3.05, 3.63) is 59.3 Å². The first-order chi connectivity index (χ1) is 14.8. The van der Waals surface area contributed by atoms with Gasteiger partial charge in [-0.1, -0.05) is 27.7 Å². The van der Waals surface area contributed by atoms with Crippen LogP contribution in [0.4, 0.5) is 4.39 Å². The van der Waals surface area contributed by atoms with E-state index < -0.39 is 0 Å². The molecule has 0 saturated heterocycles. The first-order valence-corrected chi connectivity index (χ1v) is 10.7. The fourth-order valence-corrected chi connectivity index (χ4v) is 4.20. The predicted octanol–water partition coefficient (Wildman–Crippen LogP) is 5.42. The van der Waals surface area contributed by atoms with Gasteiger partial charge in [0.2, 0.25) is 0 Å². The van der Waals surface area contributed by atoms with Gasteiger partial charge in [-0.3, -0.25) is 5.10 Å². The summed E-state index contributed by atoms with van der Waals surface area (Å²) in [5, 5.41) is 15.6. The highest BCUT2D eigenvalue weighted by molar-refractivity contribution is 5.76. The summed E-state index contributed by atoms with van der Waals surface area (Å²) in [5.41, 5.74) is 7.31. The van der Waals surface area contributed by atoms with Gasteiger partial charge in [0.05, 0.1) is 11.4 Å². The zero-order valence-corrected chi connectivity index (χ0v) is 18.9. The molecule has 4 rings (SSSR count). The Morgan fingerprint density at radius 1 is 1.06 bits per heavy atom. The van der Waals surface area contributed by atoms with Gasteiger partial charge in [0.1, 0.15) is 12.1 Å². The Morgan fingerprint density at radius 2 is 1.84 bits per heavy atom. The summed E-state index contributed by atoms with van der Waals surface area (Å²) in [6.07, 6.45) is 3.52. The lowest BCUT2D eigenvalue weighted by Crippen LogP contribution is -2.26. The number of aromatic amines is 1. The highest BCUT2D eigenvalue weighted by atomic mass is 19.1. The molecule has 4 aromatic rings. The molecule has 162 valence electrons. The van der Waals surface area contributed by atoms with Gasteiger partial charge in [-0.2, -0.15) is 10.2 Å². The fourth-order valence-electron chi connectivity index (χ4n) is 4.20. The fraction of sp³-hybridized carbons (Fsp3) is 0.375. The average Bonchev–Trinajstić information content (AvgIpc) is 3.35. The Kier molecular flexibility index (Phi) is 5.62. The zero-order valence-electron chi connectivity index (χ0n) is 18.9. The van der Waals surface area contributed by atoms with Gasteiger partial charge >= 0.3 is 0 Å². The Labute approximate surface area is 181 Å². The van der Waals surface area contributed by atoms with E-state index >= 15 is 0 Å². The van der Waals surface area contributed by atoms with Gasteiger partial charge in [0.25, 0.3) is 0 Å². The third-order valence-corrected chi connectivity index (χ3v) is 5.55. The molecule has 6 nitrogen and oxygen atoms in total. The molecule has 3 aromatic heterocycles. The van der Waals surface area contributed by atoms with Gasteiger partial charge < -0.3 is 5.32 Å². The maximum absolute atomic E-state index is 14.6. The SMILES string of the molecule is Cc1cc(-c2[nH]nc(-c3ccc(F)c([C@H](C)NC(C)C)c3)c2C(C)C)cn2ncnc12. The monoisotopic (exact) mass is 420 g/mol. The molecule has 0 saturated carbocycles. The number of pyridine rings is 1. The molecule has 0 aliphatic heterocycles. The van der Waals surface area contributed by atoms with Crippen molar-refractivity contribution < 1.29 is 4.39 Å². The number of hydrogen-bond donors (Lipinski definition) is 2. The molecule has 0 fully saturated rings. The molecular weight excluding hydrogens is 391 g/mol. The Balaban J connectivity index is 1.83. The van der Waals surface area contributed by atoms with Crippen LogP contribution in [0.2, 0.25) is 0 Å². The summed E-state index contributed by atoms with van der Waals surface area (Å²) in [6.45, 7) is 12.4. The lowest BCUT2D eigenvalue weighted by molar-refractivity contribution is 0.483. The van der Waals surface area contributed by atoms with Crippen LogP contribution in [0.3, 0.4) is 0 Å². The van der Waals surface area contributed by atoms with Crippen molar-refractivity contribution in [1.82, 2.24) is 30.1 Å². The van der Waals surface area contributed by atoms with Crippen molar-refractivity contribution in [1.29, 1.82) is 0 Å². The van der Waals surface area contributed by atoms with E-state index in [-0.39, 0.29) is 23.8 Å². The lowest BCUT2D eigenvalue weighted by Gasteiger charge is -2.19. The second kappa shape index (κ2) is 8.23. The molecule has 0 spiro atoms. The minimum Gasteiger partial charge on any atom is -0.308 e. The number of nitrogens with one attached hydrogen (secondary N) is 2. The van der Waals surface area contributed by atoms with E-state index in [9.17, 15) is 4.39 Å². The molecule has 1 aromatic carbocycles. The van der Waals surface area contributed by atoms with Crippen molar-refractivity contribution in [3.63, 3.8) is 0 Å². The topological polar surface area (TPSA) is 70.9 Å². The summed E-state index contributed by atoms with van der Waals surface area (Å²) >= 11 is 0. The van der Waals surface area contributed by atoms with Crippen molar-refractivity contribution >= 4 is 5.65 Å². The van der Waals surface area contributed by atoms with Crippen molar-refractivity contribution in [2.75, 3.05) is 0 Å². The van der Waals surface area contributed by atoms with Crippen LogP contribution in [0.15, 0.2) is 36.8 Å². The van der Waals surface area contributed by atoms with Crippen molar-refractivity contribution in [2.24, 2.45) is 0 Å². The maximum Gasteiger partial charge on any atom is 0.158 e. The molecule has 0 aliphatic carbocycles. The van der Waals surface area contributed by atoms with Crippen LogP contribution in [0.25, 0.3) is 28.2 Å². The Bertz CT molecular complexity index is 1220. The molecule has 3 heterocycles. The predicted molar refractivity (Wildman–Crippen MR) is 121 cm³/mol. The summed E-state index contributed by atoms with van der Waals surface area (Å²) in [5.74, 6) is 0.00808. The first kappa shape index (κ1) is 21.2. The molecule has 31 heavy (non-hydrogen) atoms. The van der Waals surface area contributed by atoms with Crippen LogP contribution in [-0.4, -0.2) is 30.8 Å². The third kappa shape index (κ3) is 3.97. The van der Waals surface area contributed by atoms with E-state index in [1.165, 1.54) is 6.07 Å². The molecule has 0 amide bonds. The standard InChI is InChI=1S/C24H29FN6/c1-13(2)21-22(17-7-8-20(25)19(10-17)16(6)28-14(3)4)29-30-23(21)18-9-15(5)24-26-12-27-31(24)11-18/h7-14,16,28H,1-6H3,(H,29,30)/t16-/m0/s1.